The predicted octanol–water partition coefficient (Wildman–Crippen LogP) is 6.82. The molecular formula is C50H78N2O14. The van der Waals surface area contributed by atoms with Gasteiger partial charge in [-0.05, 0) is 100 Å². The van der Waals surface area contributed by atoms with Gasteiger partial charge in [-0.2, -0.15) is 0 Å². The number of carbonyl (C=O) groups excluding carboxylic acids is 1. The second kappa shape index (κ2) is 26.7. The lowest BCUT2D eigenvalue weighted by molar-refractivity contribution is -0.171. The molecule has 2 saturated carbocycles. The summed E-state index contributed by atoms with van der Waals surface area (Å²) in [5, 5.41) is 22.9. The molecule has 372 valence electrons. The van der Waals surface area contributed by atoms with Crippen molar-refractivity contribution < 1.29 is 67.2 Å². The molecule has 4 N–H and O–H groups in total. The van der Waals surface area contributed by atoms with Gasteiger partial charge in [0.2, 0.25) is 0 Å². The number of rotatable bonds is 17. The number of aliphatic carboxylic acids is 2. The zero-order valence-electron chi connectivity index (χ0n) is 41.2. The highest BCUT2D eigenvalue weighted by Gasteiger charge is 2.55. The van der Waals surface area contributed by atoms with E-state index in [1.807, 2.05) is 39.8 Å². The number of carbonyl (C=O) groups is 3. The van der Waals surface area contributed by atoms with Gasteiger partial charge in [-0.3, -0.25) is 4.79 Å². The maximum Gasteiger partial charge on any atom is 0.328 e. The quantitative estimate of drug-likeness (QED) is 0.0732. The van der Waals surface area contributed by atoms with Crippen LogP contribution < -0.4 is 10.6 Å². The predicted molar refractivity (Wildman–Crippen MR) is 249 cm³/mol. The highest BCUT2D eigenvalue weighted by atomic mass is 16.8. The van der Waals surface area contributed by atoms with Gasteiger partial charge in [-0.25, -0.2) is 9.59 Å². The zero-order valence-corrected chi connectivity index (χ0v) is 41.2. The van der Waals surface area contributed by atoms with Crippen LogP contribution >= 0.6 is 0 Å². The van der Waals surface area contributed by atoms with Crippen molar-refractivity contribution in [3.63, 3.8) is 0 Å². The first-order valence-electron chi connectivity index (χ1n) is 22.9. The second-order valence-electron chi connectivity index (χ2n) is 19.2. The summed E-state index contributed by atoms with van der Waals surface area (Å²) in [7, 11) is 0. The van der Waals surface area contributed by atoms with Crippen molar-refractivity contribution in [3.8, 4) is 0 Å². The van der Waals surface area contributed by atoms with Crippen LogP contribution in [0.4, 0.5) is 0 Å². The number of nitrogens with one attached hydrogen (secondary N) is 2. The van der Waals surface area contributed by atoms with E-state index in [-0.39, 0.29) is 65.9 Å². The number of ether oxygens (including phenoxy) is 9. The smallest absolute Gasteiger partial charge is 0.328 e. The van der Waals surface area contributed by atoms with Crippen LogP contribution in [0.2, 0.25) is 0 Å². The molecule has 0 unspecified atom stereocenters. The lowest BCUT2D eigenvalue weighted by Gasteiger charge is -2.25. The molecule has 4 fully saturated rings. The number of carboxylic acids is 2. The standard InChI is InChI=1S/2C21H33NO4.C4H4O4.C4H8O2/c2*1-20(2,3)24-12-11-23-17-13-16(18-19(17)26-21(4,5)25-18)22-14-15-9-7-6-8-10-15;5-3(6)1-2-4(7)8;1-3-6-4(2)5/h2*6-10,16-19,22H,11-14H2,1-5H3;1-2H,(H,5,6)(H,7,8);3H2,1-2H3/b;;2-1+;/t2*16-,17+,18+,19-;;/m11../s1. The molecule has 0 radical (unpaired) electrons. The molecule has 2 aromatic carbocycles. The van der Waals surface area contributed by atoms with Gasteiger partial charge in [0, 0.05) is 44.2 Å². The normalized spacial score (nSPS) is 25.9. The van der Waals surface area contributed by atoms with Crippen molar-refractivity contribution in [3.05, 3.63) is 83.9 Å². The van der Waals surface area contributed by atoms with Gasteiger partial charge in [-0.15, -0.1) is 0 Å². The van der Waals surface area contributed by atoms with Gasteiger partial charge in [0.05, 0.1) is 56.4 Å². The van der Waals surface area contributed by atoms with E-state index in [0.717, 1.165) is 25.9 Å². The van der Waals surface area contributed by atoms with Gasteiger partial charge in [0.25, 0.3) is 0 Å². The first-order valence-corrected chi connectivity index (χ1v) is 22.9. The van der Waals surface area contributed by atoms with Crippen LogP contribution in [-0.2, 0) is 70.1 Å². The first-order chi connectivity index (χ1) is 30.9. The van der Waals surface area contributed by atoms with Crippen LogP contribution in [-0.4, -0.2) is 133 Å². The lowest BCUT2D eigenvalue weighted by atomic mass is 10.1. The van der Waals surface area contributed by atoms with E-state index in [4.69, 9.17) is 48.1 Å². The molecule has 2 aromatic rings. The molecule has 2 saturated heterocycles. The third-order valence-corrected chi connectivity index (χ3v) is 10.3. The van der Waals surface area contributed by atoms with Gasteiger partial charge in [0.15, 0.2) is 11.6 Å². The van der Waals surface area contributed by atoms with E-state index in [1.54, 1.807) is 6.92 Å². The molecule has 2 aliphatic carbocycles. The maximum atomic E-state index is 9.82. The van der Waals surface area contributed by atoms with Crippen LogP contribution in [0.3, 0.4) is 0 Å². The van der Waals surface area contributed by atoms with Gasteiger partial charge in [-0.1, -0.05) is 60.7 Å². The highest BCUT2D eigenvalue weighted by Crippen LogP contribution is 2.41. The molecule has 0 spiro atoms. The summed E-state index contributed by atoms with van der Waals surface area (Å²) in [6.07, 6.45) is 2.90. The highest BCUT2D eigenvalue weighted by molar-refractivity contribution is 5.89. The van der Waals surface area contributed by atoms with E-state index < -0.39 is 23.5 Å². The molecule has 0 bridgehead atoms. The number of benzene rings is 2. The van der Waals surface area contributed by atoms with Crippen LogP contribution in [0.5, 0.6) is 0 Å². The molecule has 66 heavy (non-hydrogen) atoms. The lowest BCUT2D eigenvalue weighted by Crippen LogP contribution is -2.39. The summed E-state index contributed by atoms with van der Waals surface area (Å²) in [6.45, 7) is 27.8. The Bertz CT molecular complexity index is 1640. The fourth-order valence-corrected chi connectivity index (χ4v) is 7.72. The number of hydrogen-bond acceptors (Lipinski definition) is 14. The third kappa shape index (κ3) is 21.9. The largest absolute Gasteiger partial charge is 0.478 e. The van der Waals surface area contributed by atoms with E-state index in [1.165, 1.54) is 18.1 Å². The maximum absolute atomic E-state index is 9.82. The van der Waals surface area contributed by atoms with E-state index in [9.17, 15) is 14.4 Å². The van der Waals surface area contributed by atoms with E-state index in [2.05, 4.69) is 105 Å². The van der Waals surface area contributed by atoms with Crippen molar-refractivity contribution in [2.24, 2.45) is 0 Å². The fraction of sp³-hybridized carbons (Fsp3) is 0.660. The monoisotopic (exact) mass is 931 g/mol. The van der Waals surface area contributed by atoms with Gasteiger partial charge in [0.1, 0.15) is 24.4 Å². The average molecular weight is 931 g/mol. The molecular weight excluding hydrogens is 853 g/mol. The topological polar surface area (TPSA) is 199 Å². The van der Waals surface area contributed by atoms with Crippen molar-refractivity contribution >= 4 is 17.9 Å². The number of hydrogen-bond donors (Lipinski definition) is 4. The Morgan fingerprint density at radius 1 is 0.621 bits per heavy atom. The van der Waals surface area contributed by atoms with Gasteiger partial charge < -0.3 is 63.5 Å². The second-order valence-corrected chi connectivity index (χ2v) is 19.2. The van der Waals surface area contributed by atoms with Crippen molar-refractivity contribution in [2.45, 2.75) is 180 Å². The molecule has 6 rings (SSSR count). The Kier molecular flexibility index (Phi) is 22.8. The van der Waals surface area contributed by atoms with Crippen molar-refractivity contribution in [2.75, 3.05) is 33.0 Å². The zero-order chi connectivity index (χ0) is 49.1. The molecule has 0 aromatic heterocycles. The molecule has 16 nitrogen and oxygen atoms in total. The van der Waals surface area contributed by atoms with Gasteiger partial charge >= 0.3 is 17.9 Å². The summed E-state index contributed by atoms with van der Waals surface area (Å²) in [4.78, 5) is 28.9. The number of fused-ring (bicyclic) bond motifs is 2. The Morgan fingerprint density at radius 2 is 0.970 bits per heavy atom. The minimum atomic E-state index is -1.26. The Hall–Kier alpha value is -3.81. The van der Waals surface area contributed by atoms with Crippen molar-refractivity contribution in [1.82, 2.24) is 10.6 Å². The van der Waals surface area contributed by atoms with Crippen LogP contribution in [0.1, 0.15) is 107 Å². The average Bonchev–Trinajstić information content (AvgIpc) is 3.92. The molecule has 4 aliphatic rings. The van der Waals surface area contributed by atoms with E-state index in [0.29, 0.717) is 45.2 Å². The summed E-state index contributed by atoms with van der Waals surface area (Å²) in [5.41, 5.74) is 2.25. The fourth-order valence-electron chi connectivity index (χ4n) is 7.72. The third-order valence-electron chi connectivity index (χ3n) is 10.3. The molecule has 16 heteroatoms. The first kappa shape index (κ1) is 56.5. The van der Waals surface area contributed by atoms with Crippen LogP contribution in [0.25, 0.3) is 0 Å². The Labute approximate surface area is 392 Å². The summed E-state index contributed by atoms with van der Waals surface area (Å²) < 4.78 is 52.8. The van der Waals surface area contributed by atoms with E-state index >= 15 is 0 Å². The minimum absolute atomic E-state index is 0.0160. The Morgan fingerprint density at radius 3 is 1.26 bits per heavy atom. The molecule has 2 heterocycles. The van der Waals surface area contributed by atoms with Crippen molar-refractivity contribution in [1.29, 1.82) is 0 Å². The minimum Gasteiger partial charge on any atom is -0.478 e. The summed E-state index contributed by atoms with van der Waals surface area (Å²) >= 11 is 0. The summed E-state index contributed by atoms with van der Waals surface area (Å²) in [6, 6.07) is 21.3. The Balaban J connectivity index is 0.000000273. The molecule has 0 amide bonds. The SMILES string of the molecule is CC(C)(C)OCCO[C@H]1C[C@@H](NCc2ccccc2)[C@@H]2OC(C)(C)O[C@@H]21.CC(C)(C)OCCO[C@H]1C[C@@H](NCc2ccccc2)[C@@H]2OC(C)(C)O[C@@H]21.CCOC(C)=O.O=C(O)/C=C/C(=O)O. The number of esters is 1. The van der Waals surface area contributed by atoms with Crippen LogP contribution in [0.15, 0.2) is 72.8 Å². The number of carboxylic acid groups (broad SMARTS) is 2. The molecule has 2 aliphatic heterocycles. The molecule has 8 atom stereocenters. The summed E-state index contributed by atoms with van der Waals surface area (Å²) in [5.74, 6) is -3.85. The van der Waals surface area contributed by atoms with Crippen LogP contribution in [0, 0.1) is 0 Å².